The number of hydrogen-bond acceptors (Lipinski definition) is 5. The van der Waals surface area contributed by atoms with Crippen LogP contribution in [-0.2, 0) is 9.59 Å². The molecule has 1 heterocycles. The second-order valence-corrected chi connectivity index (χ2v) is 5.87. The summed E-state index contributed by atoms with van der Waals surface area (Å²) in [5, 5.41) is 12.6. The summed E-state index contributed by atoms with van der Waals surface area (Å²) in [6.45, 7) is 2.37. The number of nitriles is 1. The lowest BCUT2D eigenvalue weighted by atomic mass is 9.86. The number of hydrogen-bond donors (Lipinski definition) is 2. The lowest BCUT2D eigenvalue weighted by Gasteiger charge is -2.26. The van der Waals surface area contributed by atoms with Crippen molar-refractivity contribution >= 4 is 23.6 Å². The summed E-state index contributed by atoms with van der Waals surface area (Å²) in [6.07, 6.45) is 0.160. The van der Waals surface area contributed by atoms with Crippen molar-refractivity contribution in [2.24, 2.45) is 5.73 Å². The first kappa shape index (κ1) is 16.9. The molecule has 2 amide bonds. The zero-order valence-corrected chi connectivity index (χ0v) is 13.5. The SMILES string of the molecule is CCOc1ccccc1C1CC(=O)NC(SCC(N)=O)=C1C#N. The van der Waals surface area contributed by atoms with E-state index in [1.165, 1.54) is 0 Å². The van der Waals surface area contributed by atoms with Crippen LogP contribution in [0.3, 0.4) is 0 Å². The molecule has 0 saturated heterocycles. The highest BCUT2D eigenvalue weighted by Crippen LogP contribution is 2.39. The molecule has 1 aromatic carbocycles. The molecule has 0 fully saturated rings. The van der Waals surface area contributed by atoms with Gasteiger partial charge in [0.1, 0.15) is 5.75 Å². The lowest BCUT2D eigenvalue weighted by molar-refractivity contribution is -0.121. The highest BCUT2D eigenvalue weighted by Gasteiger charge is 2.31. The minimum absolute atomic E-state index is 0.000615. The minimum Gasteiger partial charge on any atom is -0.494 e. The maximum absolute atomic E-state index is 12.0. The Balaban J connectivity index is 2.43. The van der Waals surface area contributed by atoms with E-state index in [4.69, 9.17) is 10.5 Å². The Morgan fingerprint density at radius 2 is 2.26 bits per heavy atom. The average Bonchev–Trinajstić information content (AvgIpc) is 2.53. The van der Waals surface area contributed by atoms with Crippen LogP contribution in [0, 0.1) is 11.3 Å². The second-order valence-electron chi connectivity index (χ2n) is 4.89. The summed E-state index contributed by atoms with van der Waals surface area (Å²) in [5.74, 6) is -0.451. The van der Waals surface area contributed by atoms with E-state index in [0.29, 0.717) is 23.0 Å². The fourth-order valence-corrected chi connectivity index (χ4v) is 3.21. The van der Waals surface area contributed by atoms with Crippen LogP contribution >= 0.6 is 11.8 Å². The number of nitrogens with two attached hydrogens (primary N) is 1. The van der Waals surface area contributed by atoms with Gasteiger partial charge in [-0.05, 0) is 13.0 Å². The number of ether oxygens (including phenoxy) is 1. The summed E-state index contributed by atoms with van der Waals surface area (Å²) < 4.78 is 5.61. The van der Waals surface area contributed by atoms with Gasteiger partial charge in [0.15, 0.2) is 0 Å². The van der Waals surface area contributed by atoms with Gasteiger partial charge in [0.25, 0.3) is 0 Å². The Morgan fingerprint density at radius 1 is 1.52 bits per heavy atom. The molecule has 0 aliphatic carbocycles. The maximum atomic E-state index is 12.0. The van der Waals surface area contributed by atoms with Gasteiger partial charge in [-0.2, -0.15) is 5.26 Å². The van der Waals surface area contributed by atoms with Crippen LogP contribution in [0.2, 0.25) is 0 Å². The van der Waals surface area contributed by atoms with Crippen LogP contribution < -0.4 is 15.8 Å². The molecule has 0 radical (unpaired) electrons. The van der Waals surface area contributed by atoms with E-state index in [0.717, 1.165) is 17.3 Å². The highest BCUT2D eigenvalue weighted by atomic mass is 32.2. The van der Waals surface area contributed by atoms with E-state index >= 15 is 0 Å². The molecule has 120 valence electrons. The Labute approximate surface area is 138 Å². The van der Waals surface area contributed by atoms with E-state index < -0.39 is 11.8 Å². The molecule has 0 aromatic heterocycles. The van der Waals surface area contributed by atoms with E-state index in [1.54, 1.807) is 0 Å². The van der Waals surface area contributed by atoms with Gasteiger partial charge in [0, 0.05) is 17.9 Å². The summed E-state index contributed by atoms with van der Waals surface area (Å²) >= 11 is 1.07. The monoisotopic (exact) mass is 331 g/mol. The number of allylic oxidation sites excluding steroid dienone is 1. The number of thioether (sulfide) groups is 1. The van der Waals surface area contributed by atoms with Gasteiger partial charge >= 0.3 is 0 Å². The molecule has 6 nitrogen and oxygen atoms in total. The first-order valence-corrected chi connectivity index (χ1v) is 8.12. The molecule has 0 saturated carbocycles. The zero-order valence-electron chi connectivity index (χ0n) is 12.7. The van der Waals surface area contributed by atoms with Gasteiger partial charge in [0.2, 0.25) is 11.8 Å². The summed E-state index contributed by atoms with van der Waals surface area (Å²) in [4.78, 5) is 23.0. The number of rotatable bonds is 6. The number of carbonyl (C=O) groups excluding carboxylic acids is 2. The number of primary amides is 1. The Kier molecular flexibility index (Phi) is 5.66. The normalized spacial score (nSPS) is 17.4. The quantitative estimate of drug-likeness (QED) is 0.824. The first-order valence-electron chi connectivity index (χ1n) is 7.13. The van der Waals surface area contributed by atoms with E-state index in [9.17, 15) is 14.9 Å². The van der Waals surface area contributed by atoms with Gasteiger partial charge in [-0.1, -0.05) is 30.0 Å². The van der Waals surface area contributed by atoms with Crippen molar-refractivity contribution in [2.75, 3.05) is 12.4 Å². The van der Waals surface area contributed by atoms with Crippen LogP contribution in [0.4, 0.5) is 0 Å². The van der Waals surface area contributed by atoms with Crippen LogP contribution in [-0.4, -0.2) is 24.2 Å². The third kappa shape index (κ3) is 4.05. The molecule has 1 aliphatic heterocycles. The number of carbonyl (C=O) groups is 2. The number of para-hydroxylation sites is 1. The molecule has 7 heteroatoms. The van der Waals surface area contributed by atoms with Crippen molar-refractivity contribution in [1.29, 1.82) is 5.26 Å². The summed E-state index contributed by atoms with van der Waals surface area (Å²) in [5.41, 5.74) is 6.35. The molecule has 1 unspecified atom stereocenters. The molecule has 0 spiro atoms. The number of benzene rings is 1. The van der Waals surface area contributed by atoms with Crippen molar-refractivity contribution in [3.05, 3.63) is 40.4 Å². The molecule has 3 N–H and O–H groups in total. The summed E-state index contributed by atoms with van der Waals surface area (Å²) in [6, 6.07) is 9.50. The van der Waals surface area contributed by atoms with Crippen molar-refractivity contribution < 1.29 is 14.3 Å². The van der Waals surface area contributed by atoms with Gasteiger partial charge < -0.3 is 15.8 Å². The minimum atomic E-state index is -0.508. The Hall–Kier alpha value is -2.46. The Bertz CT molecular complexity index is 694. The van der Waals surface area contributed by atoms with Crippen LogP contribution in [0.25, 0.3) is 0 Å². The fourth-order valence-electron chi connectivity index (χ4n) is 2.40. The van der Waals surface area contributed by atoms with Gasteiger partial charge in [0.05, 0.1) is 29.0 Å². The van der Waals surface area contributed by atoms with Crippen molar-refractivity contribution in [1.82, 2.24) is 5.32 Å². The smallest absolute Gasteiger partial charge is 0.227 e. The predicted molar refractivity (Wildman–Crippen MR) is 87.4 cm³/mol. The zero-order chi connectivity index (χ0) is 16.8. The molecule has 1 aromatic rings. The van der Waals surface area contributed by atoms with Crippen LogP contribution in [0.15, 0.2) is 34.9 Å². The average molecular weight is 331 g/mol. The third-order valence-corrected chi connectivity index (χ3v) is 4.35. The van der Waals surface area contributed by atoms with E-state index in [2.05, 4.69) is 11.4 Å². The van der Waals surface area contributed by atoms with Crippen molar-refractivity contribution in [3.8, 4) is 11.8 Å². The van der Waals surface area contributed by atoms with Crippen LogP contribution in [0.1, 0.15) is 24.8 Å². The van der Waals surface area contributed by atoms with Crippen molar-refractivity contribution in [2.45, 2.75) is 19.3 Å². The summed E-state index contributed by atoms with van der Waals surface area (Å²) in [7, 11) is 0. The molecule has 1 atom stereocenters. The topological polar surface area (TPSA) is 105 Å². The fraction of sp³-hybridized carbons (Fsp3) is 0.312. The maximum Gasteiger partial charge on any atom is 0.227 e. The largest absolute Gasteiger partial charge is 0.494 e. The number of nitrogens with zero attached hydrogens (tertiary/aromatic N) is 1. The molecule has 1 aliphatic rings. The number of nitrogens with one attached hydrogen (secondary N) is 1. The lowest BCUT2D eigenvalue weighted by Crippen LogP contribution is -2.31. The molecule has 23 heavy (non-hydrogen) atoms. The van der Waals surface area contributed by atoms with Gasteiger partial charge in [-0.15, -0.1) is 0 Å². The van der Waals surface area contributed by atoms with Gasteiger partial charge in [-0.3, -0.25) is 9.59 Å². The molecular formula is C16H17N3O3S. The van der Waals surface area contributed by atoms with Gasteiger partial charge in [-0.25, -0.2) is 0 Å². The highest BCUT2D eigenvalue weighted by molar-refractivity contribution is 8.03. The Morgan fingerprint density at radius 3 is 2.91 bits per heavy atom. The predicted octanol–water partition coefficient (Wildman–Crippen LogP) is 1.64. The van der Waals surface area contributed by atoms with E-state index in [-0.39, 0.29) is 18.1 Å². The molecule has 2 rings (SSSR count). The second kappa shape index (κ2) is 7.70. The molecule has 0 bridgehead atoms. The first-order chi connectivity index (χ1) is 11.1. The molecular weight excluding hydrogens is 314 g/mol. The third-order valence-electron chi connectivity index (χ3n) is 3.31. The van der Waals surface area contributed by atoms with Crippen molar-refractivity contribution in [3.63, 3.8) is 0 Å². The van der Waals surface area contributed by atoms with E-state index in [1.807, 2.05) is 31.2 Å². The standard InChI is InChI=1S/C16H17N3O3S/c1-2-22-13-6-4-3-5-10(13)11-7-15(21)19-16(12(11)8-17)23-9-14(18)20/h3-6,11H,2,7,9H2,1H3,(H2,18,20)(H,19,21). The van der Waals surface area contributed by atoms with Crippen LogP contribution in [0.5, 0.6) is 5.75 Å². The number of amides is 2.